The van der Waals surface area contributed by atoms with Gasteiger partial charge in [0.2, 0.25) is 0 Å². The number of piperazine rings is 1. The van der Waals surface area contributed by atoms with Crippen molar-refractivity contribution in [3.63, 3.8) is 0 Å². The van der Waals surface area contributed by atoms with E-state index in [0.717, 1.165) is 61.3 Å². The molecule has 0 saturated carbocycles. The first-order valence-electron chi connectivity index (χ1n) is 12.6. The van der Waals surface area contributed by atoms with Crippen LogP contribution in [0.4, 0.5) is 0 Å². The molecule has 2 aromatic carbocycles. The van der Waals surface area contributed by atoms with Crippen molar-refractivity contribution in [1.29, 1.82) is 0 Å². The van der Waals surface area contributed by atoms with Gasteiger partial charge in [-0.15, -0.1) is 0 Å². The minimum Gasteiger partial charge on any atom is -0.459 e. The third-order valence-electron chi connectivity index (χ3n) is 8.33. The summed E-state index contributed by atoms with van der Waals surface area (Å²) in [5.41, 5.74) is 6.51. The van der Waals surface area contributed by atoms with Crippen LogP contribution < -0.4 is 0 Å². The number of cyclic esters (lactones) is 2. The predicted octanol–water partition coefficient (Wildman–Crippen LogP) is 2.97. The van der Waals surface area contributed by atoms with E-state index in [1.54, 1.807) is 6.07 Å². The Labute approximate surface area is 205 Å². The lowest BCUT2D eigenvalue weighted by Gasteiger charge is -2.38. The standard InChI is InChI=1S/C28H32N2O5/c1-16-9-19-10-18(3-4-23(19)28(33)35-16)20-11-21-13-29(7-8-30(21)12-20)14-26(31)22-5-6-24-25(17(22)2)15-34-27(24)32/h3-6,10,16,20-21,26,31H,7-9,11-15H2,1-2H3. The zero-order chi connectivity index (χ0) is 24.3. The summed E-state index contributed by atoms with van der Waals surface area (Å²) in [4.78, 5) is 29.0. The van der Waals surface area contributed by atoms with Crippen LogP contribution in [0.5, 0.6) is 0 Å². The lowest BCUT2D eigenvalue weighted by molar-refractivity contribution is 0.0301. The van der Waals surface area contributed by atoms with Gasteiger partial charge in [0.05, 0.1) is 17.2 Å². The maximum atomic E-state index is 12.2. The van der Waals surface area contributed by atoms with Gasteiger partial charge < -0.3 is 14.6 Å². The Bertz CT molecular complexity index is 1190. The van der Waals surface area contributed by atoms with Crippen LogP contribution in [0.15, 0.2) is 30.3 Å². The summed E-state index contributed by atoms with van der Waals surface area (Å²) in [5.74, 6) is -0.0228. The van der Waals surface area contributed by atoms with Crippen LogP contribution in [-0.2, 0) is 22.5 Å². The van der Waals surface area contributed by atoms with Gasteiger partial charge in [0.25, 0.3) is 0 Å². The summed E-state index contributed by atoms with van der Waals surface area (Å²) in [6.07, 6.45) is 1.20. The van der Waals surface area contributed by atoms with E-state index in [-0.39, 0.29) is 18.0 Å². The molecule has 2 fully saturated rings. The van der Waals surface area contributed by atoms with E-state index in [1.807, 2.05) is 26.0 Å². The van der Waals surface area contributed by atoms with Crippen LogP contribution in [0.2, 0.25) is 0 Å². The fourth-order valence-electron chi connectivity index (χ4n) is 6.42. The number of aliphatic hydroxyl groups excluding tert-OH is 1. The highest BCUT2D eigenvalue weighted by Crippen LogP contribution is 2.36. The molecule has 35 heavy (non-hydrogen) atoms. The molecule has 7 nitrogen and oxygen atoms in total. The summed E-state index contributed by atoms with van der Waals surface area (Å²) >= 11 is 0. The van der Waals surface area contributed by atoms with Gasteiger partial charge in [-0.2, -0.15) is 0 Å². The van der Waals surface area contributed by atoms with Crippen LogP contribution in [-0.4, -0.2) is 71.7 Å². The Balaban J connectivity index is 1.11. The molecule has 4 aliphatic heterocycles. The smallest absolute Gasteiger partial charge is 0.338 e. The molecule has 0 radical (unpaired) electrons. The van der Waals surface area contributed by atoms with Crippen molar-refractivity contribution in [3.05, 3.63) is 69.3 Å². The first kappa shape index (κ1) is 22.7. The molecule has 2 aromatic rings. The number of hydrogen-bond acceptors (Lipinski definition) is 7. The van der Waals surface area contributed by atoms with Crippen LogP contribution in [0.1, 0.15) is 73.9 Å². The van der Waals surface area contributed by atoms with Crippen LogP contribution in [0, 0.1) is 6.92 Å². The van der Waals surface area contributed by atoms with E-state index in [0.29, 0.717) is 36.2 Å². The van der Waals surface area contributed by atoms with Gasteiger partial charge in [-0.1, -0.05) is 18.2 Å². The van der Waals surface area contributed by atoms with E-state index < -0.39 is 6.10 Å². The number of rotatable bonds is 4. The molecule has 0 aromatic heterocycles. The van der Waals surface area contributed by atoms with Gasteiger partial charge >= 0.3 is 11.9 Å². The Hall–Kier alpha value is -2.74. The highest BCUT2D eigenvalue weighted by atomic mass is 16.5. The summed E-state index contributed by atoms with van der Waals surface area (Å²) in [6, 6.07) is 10.4. The molecule has 6 rings (SSSR count). The average Bonchev–Trinajstić information content (AvgIpc) is 3.42. The van der Waals surface area contributed by atoms with Gasteiger partial charge in [-0.3, -0.25) is 9.80 Å². The molecule has 4 unspecified atom stereocenters. The lowest BCUT2D eigenvalue weighted by atomic mass is 9.90. The van der Waals surface area contributed by atoms with Crippen molar-refractivity contribution in [3.8, 4) is 0 Å². The Morgan fingerprint density at radius 1 is 1.09 bits per heavy atom. The molecule has 2 saturated heterocycles. The Morgan fingerprint density at radius 3 is 2.77 bits per heavy atom. The molecule has 4 aliphatic rings. The van der Waals surface area contributed by atoms with Gasteiger partial charge in [-0.05, 0) is 60.6 Å². The molecule has 4 heterocycles. The van der Waals surface area contributed by atoms with Crippen molar-refractivity contribution in [2.24, 2.45) is 0 Å². The average molecular weight is 477 g/mol. The van der Waals surface area contributed by atoms with Crippen LogP contribution >= 0.6 is 0 Å². The number of β-amino-alcohol motifs (C(OH)–C–C–N with tert-alkyl or cyclic N) is 1. The SMILES string of the molecule is Cc1c(C(O)CN2CCN3CC(c4ccc5c(c4)CC(C)OC5=O)CC3C2)ccc2c1COC2=O. The maximum Gasteiger partial charge on any atom is 0.338 e. The third-order valence-corrected chi connectivity index (χ3v) is 8.33. The molecule has 0 amide bonds. The van der Waals surface area contributed by atoms with E-state index in [9.17, 15) is 14.7 Å². The zero-order valence-corrected chi connectivity index (χ0v) is 20.3. The Kier molecular flexibility index (Phi) is 5.66. The summed E-state index contributed by atoms with van der Waals surface area (Å²) < 4.78 is 10.5. The van der Waals surface area contributed by atoms with E-state index in [1.165, 1.54) is 5.56 Å². The predicted molar refractivity (Wildman–Crippen MR) is 129 cm³/mol. The number of ether oxygens (including phenoxy) is 2. The number of carbonyl (C=O) groups excluding carboxylic acids is 2. The van der Waals surface area contributed by atoms with Gasteiger partial charge in [0.1, 0.15) is 12.7 Å². The second-order valence-electron chi connectivity index (χ2n) is 10.6. The minimum atomic E-state index is -0.595. The molecule has 0 aliphatic carbocycles. The van der Waals surface area contributed by atoms with Crippen molar-refractivity contribution >= 4 is 11.9 Å². The summed E-state index contributed by atoms with van der Waals surface area (Å²) in [7, 11) is 0. The summed E-state index contributed by atoms with van der Waals surface area (Å²) in [5, 5.41) is 11.1. The fraction of sp³-hybridized carbons (Fsp3) is 0.500. The van der Waals surface area contributed by atoms with Crippen molar-refractivity contribution in [2.75, 3.05) is 32.7 Å². The van der Waals surface area contributed by atoms with E-state index in [2.05, 4.69) is 21.9 Å². The molecule has 7 heteroatoms. The number of aliphatic hydroxyl groups is 1. The van der Waals surface area contributed by atoms with Gasteiger partial charge in [0.15, 0.2) is 0 Å². The van der Waals surface area contributed by atoms with Gasteiger partial charge in [-0.25, -0.2) is 9.59 Å². The lowest BCUT2D eigenvalue weighted by Crippen LogP contribution is -2.51. The highest BCUT2D eigenvalue weighted by Gasteiger charge is 2.38. The third kappa shape index (κ3) is 4.05. The number of fused-ring (bicyclic) bond motifs is 3. The molecule has 4 atom stereocenters. The number of carbonyl (C=O) groups is 2. The topological polar surface area (TPSA) is 79.3 Å². The van der Waals surface area contributed by atoms with Crippen LogP contribution in [0.3, 0.4) is 0 Å². The zero-order valence-electron chi connectivity index (χ0n) is 20.3. The van der Waals surface area contributed by atoms with Crippen molar-refractivity contribution < 1.29 is 24.2 Å². The molecule has 184 valence electrons. The first-order valence-corrected chi connectivity index (χ1v) is 12.6. The number of benzene rings is 2. The molecular formula is C28H32N2O5. The van der Waals surface area contributed by atoms with Crippen molar-refractivity contribution in [2.45, 2.75) is 57.5 Å². The molecule has 1 N–H and O–H groups in total. The number of esters is 2. The maximum absolute atomic E-state index is 12.2. The quantitative estimate of drug-likeness (QED) is 0.680. The molecule has 0 bridgehead atoms. The second kappa shape index (κ2) is 8.73. The normalized spacial score (nSPS) is 27.1. The first-order chi connectivity index (χ1) is 16.9. The van der Waals surface area contributed by atoms with Crippen LogP contribution in [0.25, 0.3) is 0 Å². The molecule has 0 spiro atoms. The largest absolute Gasteiger partial charge is 0.459 e. The number of nitrogens with zero attached hydrogens (tertiary/aromatic N) is 2. The highest BCUT2D eigenvalue weighted by molar-refractivity contribution is 5.94. The fourth-order valence-corrected chi connectivity index (χ4v) is 6.42. The van der Waals surface area contributed by atoms with Crippen molar-refractivity contribution in [1.82, 2.24) is 9.80 Å². The molecular weight excluding hydrogens is 444 g/mol. The van der Waals surface area contributed by atoms with E-state index >= 15 is 0 Å². The summed E-state index contributed by atoms with van der Waals surface area (Å²) in [6.45, 7) is 8.70. The van der Waals surface area contributed by atoms with E-state index in [4.69, 9.17) is 9.47 Å². The monoisotopic (exact) mass is 476 g/mol. The second-order valence-corrected chi connectivity index (χ2v) is 10.6. The van der Waals surface area contributed by atoms with Gasteiger partial charge in [0, 0.05) is 50.7 Å². The minimum absolute atomic E-state index is 0.0672. The number of hydrogen-bond donors (Lipinski definition) is 1. The Morgan fingerprint density at radius 2 is 1.91 bits per heavy atom.